The number of fused-ring (bicyclic) bond motifs is 1. The minimum absolute atomic E-state index is 0.00411. The zero-order valence-electron chi connectivity index (χ0n) is 16.9. The number of carbonyl (C=O) groups is 2. The molecule has 2 aliphatic rings. The Balaban J connectivity index is 1.36. The minimum atomic E-state index is -0.0466. The summed E-state index contributed by atoms with van der Waals surface area (Å²) >= 11 is 1.64. The van der Waals surface area contributed by atoms with E-state index in [1.807, 2.05) is 59.4 Å². The quantitative estimate of drug-likeness (QED) is 0.833. The number of likely N-dealkylation sites (tertiary alicyclic amines) is 1. The minimum Gasteiger partial charge on any atom is -0.487 e. The molecule has 1 fully saturated rings. The molecule has 1 unspecified atom stereocenters. The normalized spacial score (nSPS) is 19.4. The largest absolute Gasteiger partial charge is 0.487 e. The summed E-state index contributed by atoms with van der Waals surface area (Å²) in [7, 11) is 0. The van der Waals surface area contributed by atoms with Crippen molar-refractivity contribution in [2.24, 2.45) is 5.92 Å². The van der Waals surface area contributed by atoms with Crippen molar-refractivity contribution in [3.8, 4) is 5.75 Å². The molecule has 0 saturated carbocycles. The van der Waals surface area contributed by atoms with Crippen LogP contribution in [0, 0.1) is 12.8 Å². The third-order valence-electron chi connectivity index (χ3n) is 5.56. The van der Waals surface area contributed by atoms with Crippen LogP contribution in [0.25, 0.3) is 0 Å². The average Bonchev–Trinajstić information content (AvgIpc) is 3.25. The molecular weight excluding hydrogens is 386 g/mol. The molecule has 0 spiro atoms. The van der Waals surface area contributed by atoms with Gasteiger partial charge in [0.25, 0.3) is 0 Å². The van der Waals surface area contributed by atoms with Gasteiger partial charge in [-0.3, -0.25) is 9.69 Å². The number of carbonyl (C=O) groups excluding carboxylic acids is 2. The molecule has 7 heteroatoms. The first kappa shape index (κ1) is 19.8. The van der Waals surface area contributed by atoms with Crippen LogP contribution in [0.3, 0.4) is 0 Å². The summed E-state index contributed by atoms with van der Waals surface area (Å²) in [6, 6.07) is 9.95. The van der Waals surface area contributed by atoms with Crippen LogP contribution in [0.4, 0.5) is 10.5 Å². The molecule has 2 aliphatic heterocycles. The van der Waals surface area contributed by atoms with Gasteiger partial charge in [0.1, 0.15) is 11.9 Å². The zero-order valence-corrected chi connectivity index (χ0v) is 17.7. The first-order valence-electron chi connectivity index (χ1n) is 10.1. The van der Waals surface area contributed by atoms with Crippen LogP contribution in [0.1, 0.15) is 30.2 Å². The Morgan fingerprint density at radius 3 is 2.76 bits per heavy atom. The Labute approximate surface area is 175 Å². The number of piperidine rings is 1. The van der Waals surface area contributed by atoms with Crippen LogP contribution in [0.5, 0.6) is 5.75 Å². The lowest BCUT2D eigenvalue weighted by molar-refractivity contribution is -0.126. The molecule has 3 heterocycles. The Kier molecular flexibility index (Phi) is 5.76. The predicted octanol–water partition coefficient (Wildman–Crippen LogP) is 3.79. The summed E-state index contributed by atoms with van der Waals surface area (Å²) in [5, 5.41) is 5.04. The Bertz CT molecular complexity index is 875. The maximum Gasteiger partial charge on any atom is 0.324 e. The van der Waals surface area contributed by atoms with Gasteiger partial charge in [0.2, 0.25) is 5.91 Å². The number of anilines is 1. The van der Waals surface area contributed by atoms with Gasteiger partial charge in [-0.2, -0.15) is 0 Å². The number of thiophene rings is 1. The molecule has 6 nitrogen and oxygen atoms in total. The van der Waals surface area contributed by atoms with Gasteiger partial charge in [-0.25, -0.2) is 4.79 Å². The summed E-state index contributed by atoms with van der Waals surface area (Å²) in [5.74, 6) is 0.814. The van der Waals surface area contributed by atoms with Crippen molar-refractivity contribution in [3.63, 3.8) is 0 Å². The molecule has 154 valence electrons. The van der Waals surface area contributed by atoms with E-state index in [-0.39, 0.29) is 24.0 Å². The van der Waals surface area contributed by atoms with Gasteiger partial charge >= 0.3 is 6.03 Å². The molecule has 1 N–H and O–H groups in total. The molecule has 0 radical (unpaired) electrons. The molecule has 1 aromatic heterocycles. The monoisotopic (exact) mass is 413 g/mol. The van der Waals surface area contributed by atoms with E-state index >= 15 is 0 Å². The number of nitrogens with zero attached hydrogens (tertiary/aromatic N) is 2. The highest BCUT2D eigenvalue weighted by Crippen LogP contribution is 2.35. The van der Waals surface area contributed by atoms with E-state index in [4.69, 9.17) is 4.74 Å². The summed E-state index contributed by atoms with van der Waals surface area (Å²) in [6.45, 7) is 6.31. The van der Waals surface area contributed by atoms with Crippen molar-refractivity contribution in [1.29, 1.82) is 0 Å². The highest BCUT2D eigenvalue weighted by Gasteiger charge is 2.33. The van der Waals surface area contributed by atoms with E-state index in [0.717, 1.165) is 21.9 Å². The van der Waals surface area contributed by atoms with E-state index in [1.54, 1.807) is 11.3 Å². The van der Waals surface area contributed by atoms with Gasteiger partial charge in [0, 0.05) is 23.9 Å². The molecule has 1 saturated heterocycles. The van der Waals surface area contributed by atoms with Crippen molar-refractivity contribution in [3.05, 3.63) is 46.2 Å². The number of rotatable bonds is 3. The molecule has 3 amide bonds. The number of ether oxygens (including phenoxy) is 1. The number of benzene rings is 1. The lowest BCUT2D eigenvalue weighted by atomic mass is 9.96. The SMILES string of the molecule is Cc1ccc2c(c1)N(C(=O)N1CCC(C(=O)NCc3cccs3)CC1)CC(C)O2. The van der Waals surface area contributed by atoms with Crippen molar-refractivity contribution in [2.75, 3.05) is 24.5 Å². The van der Waals surface area contributed by atoms with Gasteiger partial charge < -0.3 is 15.0 Å². The highest BCUT2D eigenvalue weighted by atomic mass is 32.1. The van der Waals surface area contributed by atoms with Gasteiger partial charge in [-0.05, 0) is 55.8 Å². The standard InChI is InChI=1S/C22H27N3O3S/c1-15-5-6-20-19(12-15)25(14-16(2)28-20)22(27)24-9-7-17(8-10-24)21(26)23-13-18-4-3-11-29-18/h3-6,11-12,16-17H,7-10,13-14H2,1-2H3,(H,23,26). The number of urea groups is 1. The smallest absolute Gasteiger partial charge is 0.324 e. The maximum absolute atomic E-state index is 13.2. The van der Waals surface area contributed by atoms with E-state index in [2.05, 4.69) is 5.32 Å². The van der Waals surface area contributed by atoms with Gasteiger partial charge in [0.15, 0.2) is 0 Å². The molecule has 4 rings (SSSR count). The molecule has 29 heavy (non-hydrogen) atoms. The fourth-order valence-corrected chi connectivity index (χ4v) is 4.61. The molecule has 1 aromatic carbocycles. The number of hydrogen-bond acceptors (Lipinski definition) is 4. The molecule has 1 atom stereocenters. The molecule has 0 bridgehead atoms. The van der Waals surface area contributed by atoms with Crippen molar-refractivity contribution in [2.45, 2.75) is 39.3 Å². The lowest BCUT2D eigenvalue weighted by Crippen LogP contribution is -2.52. The predicted molar refractivity (Wildman–Crippen MR) is 114 cm³/mol. The van der Waals surface area contributed by atoms with Crippen molar-refractivity contribution < 1.29 is 14.3 Å². The van der Waals surface area contributed by atoms with E-state index in [9.17, 15) is 9.59 Å². The fourth-order valence-electron chi connectivity index (χ4n) is 3.96. The number of hydrogen-bond donors (Lipinski definition) is 1. The molecule has 2 aromatic rings. The summed E-state index contributed by atoms with van der Waals surface area (Å²) in [5.41, 5.74) is 1.93. The van der Waals surface area contributed by atoms with Crippen LogP contribution in [-0.2, 0) is 11.3 Å². The van der Waals surface area contributed by atoms with E-state index < -0.39 is 0 Å². The second-order valence-electron chi connectivity index (χ2n) is 7.85. The van der Waals surface area contributed by atoms with Gasteiger partial charge in [0.05, 0.1) is 18.8 Å². The first-order chi connectivity index (χ1) is 14.0. The second-order valence-corrected chi connectivity index (χ2v) is 8.88. The zero-order chi connectivity index (χ0) is 20.4. The maximum atomic E-state index is 13.2. The third-order valence-corrected chi connectivity index (χ3v) is 6.43. The van der Waals surface area contributed by atoms with Crippen molar-refractivity contribution in [1.82, 2.24) is 10.2 Å². The average molecular weight is 414 g/mol. The topological polar surface area (TPSA) is 61.9 Å². The number of amides is 3. The van der Waals surface area contributed by atoms with Crippen LogP contribution >= 0.6 is 11.3 Å². The number of aryl methyl sites for hydroxylation is 1. The fraction of sp³-hybridized carbons (Fsp3) is 0.455. The lowest BCUT2D eigenvalue weighted by Gasteiger charge is -2.39. The number of nitrogens with one attached hydrogen (secondary N) is 1. The second kappa shape index (κ2) is 8.45. The molecule has 0 aliphatic carbocycles. The van der Waals surface area contributed by atoms with Crippen LogP contribution in [-0.4, -0.2) is 42.6 Å². The van der Waals surface area contributed by atoms with Crippen LogP contribution in [0.2, 0.25) is 0 Å². The Hall–Kier alpha value is -2.54. The van der Waals surface area contributed by atoms with Crippen LogP contribution < -0.4 is 15.0 Å². The Morgan fingerprint density at radius 2 is 2.03 bits per heavy atom. The summed E-state index contributed by atoms with van der Waals surface area (Å²) < 4.78 is 5.90. The van der Waals surface area contributed by atoms with Gasteiger partial charge in [-0.15, -0.1) is 11.3 Å². The third kappa shape index (κ3) is 4.40. The van der Waals surface area contributed by atoms with E-state index in [0.29, 0.717) is 39.0 Å². The van der Waals surface area contributed by atoms with Gasteiger partial charge in [-0.1, -0.05) is 12.1 Å². The van der Waals surface area contributed by atoms with Crippen molar-refractivity contribution >= 4 is 29.0 Å². The summed E-state index contributed by atoms with van der Waals surface area (Å²) in [4.78, 5) is 30.6. The first-order valence-corrected chi connectivity index (χ1v) is 11.0. The Morgan fingerprint density at radius 1 is 1.24 bits per heavy atom. The molecular formula is C22H27N3O3S. The summed E-state index contributed by atoms with van der Waals surface area (Å²) in [6.07, 6.45) is 1.35. The van der Waals surface area contributed by atoms with E-state index in [1.165, 1.54) is 0 Å². The van der Waals surface area contributed by atoms with Crippen LogP contribution in [0.15, 0.2) is 35.7 Å². The highest BCUT2D eigenvalue weighted by molar-refractivity contribution is 7.09.